The van der Waals surface area contributed by atoms with E-state index in [0.29, 0.717) is 25.7 Å². The van der Waals surface area contributed by atoms with Crippen LogP contribution in [0.2, 0.25) is 0 Å². The molecule has 0 saturated carbocycles. The third kappa shape index (κ3) is 74.1. The molecule has 17 nitrogen and oxygen atoms in total. The van der Waals surface area contributed by atoms with Crippen molar-refractivity contribution in [2.45, 2.75) is 439 Å². The summed E-state index contributed by atoms with van der Waals surface area (Å²) in [6.07, 6.45) is 61.0. The predicted molar refractivity (Wildman–Crippen MR) is 405 cm³/mol. The Bertz CT molecular complexity index is 1910. The SMILES string of the molecule is CCCCCCCCCCCCCCCCCCCCC(=O)O[C@H](COC(=O)CCCCCCCCCCCCCCCCC(C)C)COP(=O)(O)OC[C@@H](O)COP(=O)(O)OC[C@@H](COC(=O)CCCCCCCCCCCC)OC(=O)CCCCCCCCCCCCCC(C)C. The smallest absolute Gasteiger partial charge is 0.462 e. The summed E-state index contributed by atoms with van der Waals surface area (Å²) < 4.78 is 68.7. The lowest BCUT2D eigenvalue weighted by atomic mass is 10.0. The van der Waals surface area contributed by atoms with Crippen LogP contribution >= 0.6 is 15.6 Å². The number of unbranched alkanes of at least 4 members (excludes halogenated alkanes) is 49. The first kappa shape index (κ1) is 97.1. The highest BCUT2D eigenvalue weighted by molar-refractivity contribution is 7.47. The van der Waals surface area contributed by atoms with Gasteiger partial charge < -0.3 is 33.8 Å². The summed E-state index contributed by atoms with van der Waals surface area (Å²) in [4.78, 5) is 73.0. The number of esters is 4. The summed E-state index contributed by atoms with van der Waals surface area (Å²) in [5.41, 5.74) is 0. The standard InChI is InChI=1S/C80H156O17P2/c1-7-9-11-13-15-17-19-20-21-22-23-24-29-34-40-46-52-58-64-79(84)96-76(69-91-78(83)63-57-51-45-39-33-28-26-25-27-31-36-42-48-54-60-72(3)4)71-95-99(88,89)93-67-74(81)66-92-98(86,87)94-70-75(68-90-77(82)62-56-50-44-38-18-16-14-12-10-8-2)97-80(85)65-59-53-47-41-35-30-32-37-43-49-55-61-73(5)6/h72-76,81H,7-71H2,1-6H3,(H,86,87)(H,88,89)/t74-,75+,76+/m0/s1. The maximum Gasteiger partial charge on any atom is 0.472 e. The molecule has 0 bridgehead atoms. The number of phosphoric acid groups is 2. The summed E-state index contributed by atoms with van der Waals surface area (Å²) in [5, 5.41) is 10.6. The molecule has 5 atom stereocenters. The van der Waals surface area contributed by atoms with Gasteiger partial charge in [-0.15, -0.1) is 0 Å². The van der Waals surface area contributed by atoms with Crippen LogP contribution in [-0.4, -0.2) is 96.7 Å². The van der Waals surface area contributed by atoms with Gasteiger partial charge in [-0.25, -0.2) is 9.13 Å². The van der Waals surface area contributed by atoms with E-state index in [1.807, 2.05) is 0 Å². The first-order valence-electron chi connectivity index (χ1n) is 41.5. The fourth-order valence-corrected chi connectivity index (χ4v) is 13.9. The third-order valence-corrected chi connectivity index (χ3v) is 20.6. The summed E-state index contributed by atoms with van der Waals surface area (Å²) in [5.74, 6) is -0.544. The molecule has 0 amide bonds. The third-order valence-electron chi connectivity index (χ3n) is 18.7. The molecule has 0 aliphatic heterocycles. The summed E-state index contributed by atoms with van der Waals surface area (Å²) in [6, 6.07) is 0. The molecular formula is C80H156O17P2. The number of ether oxygens (including phenoxy) is 4. The molecule has 0 aromatic heterocycles. The number of carbonyl (C=O) groups is 4. The lowest BCUT2D eigenvalue weighted by molar-refractivity contribution is -0.161. The Hall–Kier alpha value is -1.94. The van der Waals surface area contributed by atoms with Crippen LogP contribution in [0, 0.1) is 11.8 Å². The second-order valence-corrected chi connectivity index (χ2v) is 32.7. The molecule has 0 heterocycles. The van der Waals surface area contributed by atoms with E-state index in [2.05, 4.69) is 41.5 Å². The molecule has 3 N–H and O–H groups in total. The van der Waals surface area contributed by atoms with E-state index in [1.54, 1.807) is 0 Å². The average molecular weight is 1450 g/mol. The van der Waals surface area contributed by atoms with Gasteiger partial charge in [-0.3, -0.25) is 37.3 Å². The maximum absolute atomic E-state index is 13.1. The van der Waals surface area contributed by atoms with Crippen molar-refractivity contribution in [3.8, 4) is 0 Å². The van der Waals surface area contributed by atoms with Crippen molar-refractivity contribution in [3.63, 3.8) is 0 Å². The van der Waals surface area contributed by atoms with Crippen LogP contribution in [0.25, 0.3) is 0 Å². The molecule has 99 heavy (non-hydrogen) atoms. The van der Waals surface area contributed by atoms with Gasteiger partial charge in [0.25, 0.3) is 0 Å². The molecule has 0 saturated heterocycles. The Morgan fingerprint density at radius 2 is 0.465 bits per heavy atom. The number of aliphatic hydroxyl groups excluding tert-OH is 1. The van der Waals surface area contributed by atoms with Crippen LogP contribution in [0.15, 0.2) is 0 Å². The first-order valence-corrected chi connectivity index (χ1v) is 44.5. The Morgan fingerprint density at radius 3 is 0.687 bits per heavy atom. The largest absolute Gasteiger partial charge is 0.472 e. The molecule has 0 aromatic rings. The van der Waals surface area contributed by atoms with Gasteiger partial charge in [0.1, 0.15) is 19.3 Å². The minimum atomic E-state index is -4.96. The lowest BCUT2D eigenvalue weighted by Gasteiger charge is -2.21. The Balaban J connectivity index is 5.24. The van der Waals surface area contributed by atoms with E-state index in [1.165, 1.54) is 238 Å². The fraction of sp³-hybridized carbons (Fsp3) is 0.950. The number of hydrogen-bond acceptors (Lipinski definition) is 15. The van der Waals surface area contributed by atoms with Crippen molar-refractivity contribution in [2.24, 2.45) is 11.8 Å². The molecule has 19 heteroatoms. The van der Waals surface area contributed by atoms with E-state index < -0.39 is 97.5 Å². The number of rotatable bonds is 79. The van der Waals surface area contributed by atoms with E-state index >= 15 is 0 Å². The van der Waals surface area contributed by atoms with E-state index in [0.717, 1.165) is 102 Å². The molecule has 0 aliphatic rings. The number of aliphatic hydroxyl groups is 1. The van der Waals surface area contributed by atoms with Crippen molar-refractivity contribution in [3.05, 3.63) is 0 Å². The number of carbonyl (C=O) groups excluding carboxylic acids is 4. The van der Waals surface area contributed by atoms with Gasteiger partial charge in [0.05, 0.1) is 26.4 Å². The quantitative estimate of drug-likeness (QED) is 0.0222. The Kier molecular flexibility index (Phi) is 70.3. The first-order chi connectivity index (χ1) is 47.9. The monoisotopic (exact) mass is 1450 g/mol. The van der Waals surface area contributed by atoms with Gasteiger partial charge in [0.2, 0.25) is 0 Å². The van der Waals surface area contributed by atoms with Crippen LogP contribution in [0.4, 0.5) is 0 Å². The van der Waals surface area contributed by atoms with Crippen molar-refractivity contribution < 1.29 is 80.2 Å². The molecule has 0 radical (unpaired) electrons. The molecule has 0 rings (SSSR count). The minimum absolute atomic E-state index is 0.107. The molecule has 0 fully saturated rings. The molecule has 0 aliphatic carbocycles. The highest BCUT2D eigenvalue weighted by Gasteiger charge is 2.30. The molecule has 588 valence electrons. The number of hydrogen-bond donors (Lipinski definition) is 3. The predicted octanol–water partition coefficient (Wildman–Crippen LogP) is 23.9. The minimum Gasteiger partial charge on any atom is -0.462 e. The topological polar surface area (TPSA) is 237 Å². The lowest BCUT2D eigenvalue weighted by Crippen LogP contribution is -2.30. The van der Waals surface area contributed by atoms with Crippen LogP contribution in [0.3, 0.4) is 0 Å². The molecule has 0 aromatic carbocycles. The van der Waals surface area contributed by atoms with E-state index in [4.69, 9.17) is 37.0 Å². The molecular weight excluding hydrogens is 1290 g/mol. The number of phosphoric ester groups is 2. The van der Waals surface area contributed by atoms with Gasteiger partial charge in [0, 0.05) is 25.7 Å². The highest BCUT2D eigenvalue weighted by Crippen LogP contribution is 2.45. The van der Waals surface area contributed by atoms with Crippen molar-refractivity contribution in [2.75, 3.05) is 39.6 Å². The van der Waals surface area contributed by atoms with Gasteiger partial charge in [-0.2, -0.15) is 0 Å². The van der Waals surface area contributed by atoms with Gasteiger partial charge in [-0.05, 0) is 37.5 Å². The van der Waals surface area contributed by atoms with Crippen LogP contribution in [0.5, 0.6) is 0 Å². The Morgan fingerprint density at radius 1 is 0.273 bits per heavy atom. The fourth-order valence-electron chi connectivity index (χ4n) is 12.4. The Labute approximate surface area is 607 Å². The van der Waals surface area contributed by atoms with Gasteiger partial charge in [-0.1, -0.05) is 369 Å². The van der Waals surface area contributed by atoms with E-state index in [-0.39, 0.29) is 25.7 Å². The van der Waals surface area contributed by atoms with Crippen molar-refractivity contribution in [1.82, 2.24) is 0 Å². The zero-order valence-corrected chi connectivity index (χ0v) is 66.6. The average Bonchev–Trinajstić information content (AvgIpc) is 0.971. The van der Waals surface area contributed by atoms with Crippen LogP contribution in [-0.2, 0) is 65.4 Å². The van der Waals surface area contributed by atoms with Crippen LogP contribution in [0.1, 0.15) is 420 Å². The van der Waals surface area contributed by atoms with Gasteiger partial charge in [0.15, 0.2) is 12.2 Å². The maximum atomic E-state index is 13.1. The highest BCUT2D eigenvalue weighted by atomic mass is 31.2. The molecule has 0 spiro atoms. The van der Waals surface area contributed by atoms with Gasteiger partial charge >= 0.3 is 39.5 Å². The summed E-state index contributed by atoms with van der Waals surface area (Å²) in [6.45, 7) is 9.65. The normalized spacial score (nSPS) is 13.9. The zero-order chi connectivity index (χ0) is 72.8. The zero-order valence-electron chi connectivity index (χ0n) is 64.8. The van der Waals surface area contributed by atoms with Crippen molar-refractivity contribution in [1.29, 1.82) is 0 Å². The summed E-state index contributed by atoms with van der Waals surface area (Å²) >= 11 is 0. The molecule has 2 unspecified atom stereocenters. The van der Waals surface area contributed by atoms with Crippen LogP contribution < -0.4 is 0 Å². The second-order valence-electron chi connectivity index (χ2n) is 29.8. The summed E-state index contributed by atoms with van der Waals surface area (Å²) in [7, 11) is -9.92. The second kappa shape index (κ2) is 71.7. The van der Waals surface area contributed by atoms with Crippen molar-refractivity contribution >= 4 is 39.5 Å². The van der Waals surface area contributed by atoms with E-state index in [9.17, 15) is 43.2 Å².